The maximum atomic E-state index is 14.2. The van der Waals surface area contributed by atoms with E-state index in [0.717, 1.165) is 37.7 Å². The molecule has 0 aromatic heterocycles. The Kier molecular flexibility index (Phi) is 9.46. The molecule has 4 nitrogen and oxygen atoms in total. The van der Waals surface area contributed by atoms with Crippen LogP contribution in [0.15, 0.2) is 47.4 Å². The highest BCUT2D eigenvalue weighted by atomic mass is 32.2. The Morgan fingerprint density at radius 3 is 2.02 bits per heavy atom. The normalized spacial score (nSPS) is 27.7. The minimum Gasteiger partial charge on any atom is -0.508 e. The number of alkyl halides is 5. The third-order valence-electron chi connectivity index (χ3n) is 9.78. The van der Waals surface area contributed by atoms with Gasteiger partial charge in [0.1, 0.15) is 11.5 Å². The van der Waals surface area contributed by atoms with E-state index in [9.17, 15) is 42.1 Å². The topological polar surface area (TPSA) is 77.8 Å². The Morgan fingerprint density at radius 1 is 0.857 bits per heavy atom. The molecule has 2 aliphatic rings. The quantitative estimate of drug-likeness (QED) is 0.283. The summed E-state index contributed by atoms with van der Waals surface area (Å²) >= 11 is 1.46. The summed E-state index contributed by atoms with van der Waals surface area (Å²) in [6.07, 6.45) is -2.14. The van der Waals surface area contributed by atoms with E-state index < -0.39 is 47.2 Å². The zero-order chi connectivity index (χ0) is 30.8. The fraction of sp³-hybridized carbons (Fsp3) is 0.594. The predicted molar refractivity (Wildman–Crippen MR) is 152 cm³/mol. The van der Waals surface area contributed by atoms with Crippen molar-refractivity contribution in [2.45, 2.75) is 112 Å². The second-order valence-electron chi connectivity index (χ2n) is 12.2. The molecule has 0 saturated heterocycles. The Bertz CT molecular complexity index is 1250. The zero-order valence-corrected chi connectivity index (χ0v) is 24.6. The minimum absolute atomic E-state index is 0.00653. The molecular formula is C32H39F5O4S. The number of carbonyl (C=O) groups is 1. The highest BCUT2D eigenvalue weighted by molar-refractivity contribution is 7.99. The molecule has 1 spiro atoms. The second kappa shape index (κ2) is 12.2. The molecule has 3 N–H and O–H groups in total. The van der Waals surface area contributed by atoms with E-state index in [4.69, 9.17) is 0 Å². The van der Waals surface area contributed by atoms with Crippen LogP contribution in [0.5, 0.6) is 11.5 Å². The average Bonchev–Trinajstić information content (AvgIpc) is 2.95. The van der Waals surface area contributed by atoms with Gasteiger partial charge in [0.2, 0.25) is 0 Å². The number of carboxylic acids is 1. The van der Waals surface area contributed by atoms with Crippen LogP contribution in [-0.4, -0.2) is 39.1 Å². The van der Waals surface area contributed by atoms with Crippen molar-refractivity contribution in [1.29, 1.82) is 0 Å². The lowest BCUT2D eigenvalue weighted by atomic mass is 9.43. The molecule has 2 aromatic rings. The number of phenols is 2. The Hall–Kier alpha value is -2.49. The standard InChI is InChI=1S/C32H39F5O4S/c1-28(22-10-12-23(38)13-11-22)21-42-26-20-24(39)14-15-25(26)30(28)18-8-6-4-2-3-5-7-16-29(30,27(40)41)17-9-19-31(33,34)32(35,36)37/h10-15,20,38-39H,2-9,16-19,21H2,1H3,(H,40,41)/t28-,29?,30+/m1/s1. The van der Waals surface area contributed by atoms with Crippen LogP contribution in [-0.2, 0) is 15.6 Å². The van der Waals surface area contributed by atoms with Crippen LogP contribution in [0, 0.1) is 5.41 Å². The fourth-order valence-electron chi connectivity index (χ4n) is 7.62. The summed E-state index contributed by atoms with van der Waals surface area (Å²) in [4.78, 5) is 14.5. The van der Waals surface area contributed by atoms with Gasteiger partial charge in [0.25, 0.3) is 0 Å². The number of phenolic OH excluding ortho intramolecular Hbond substituents is 2. The maximum Gasteiger partial charge on any atom is 0.453 e. The summed E-state index contributed by atoms with van der Waals surface area (Å²) in [5.41, 5.74) is -2.37. The SMILES string of the molecule is C[C@]1(c2ccc(O)cc2)CSc2cc(O)ccc2[C@@]12CCCCCCCCCC2(CCCC(F)(F)C(F)(F)F)C(=O)O. The molecule has 1 aliphatic carbocycles. The lowest BCUT2D eigenvalue weighted by molar-refractivity contribution is -0.285. The Balaban J connectivity index is 2.01. The van der Waals surface area contributed by atoms with Gasteiger partial charge in [-0.05, 0) is 61.1 Å². The molecule has 4 rings (SSSR count). The molecule has 42 heavy (non-hydrogen) atoms. The van der Waals surface area contributed by atoms with Crippen LogP contribution in [0.1, 0.15) is 95.1 Å². The first-order valence-electron chi connectivity index (χ1n) is 14.6. The molecule has 232 valence electrons. The predicted octanol–water partition coefficient (Wildman–Crippen LogP) is 9.36. The van der Waals surface area contributed by atoms with Gasteiger partial charge in [0, 0.05) is 27.9 Å². The van der Waals surface area contributed by atoms with Gasteiger partial charge >= 0.3 is 18.1 Å². The Labute approximate surface area is 247 Å². The molecule has 1 fully saturated rings. The summed E-state index contributed by atoms with van der Waals surface area (Å²) < 4.78 is 67.8. The van der Waals surface area contributed by atoms with Crippen molar-refractivity contribution in [1.82, 2.24) is 0 Å². The average molecular weight is 615 g/mol. The van der Waals surface area contributed by atoms with Gasteiger partial charge < -0.3 is 15.3 Å². The molecule has 0 bridgehead atoms. The van der Waals surface area contributed by atoms with Crippen LogP contribution in [0.4, 0.5) is 22.0 Å². The van der Waals surface area contributed by atoms with Gasteiger partial charge in [-0.1, -0.05) is 70.1 Å². The number of hydrogen-bond acceptors (Lipinski definition) is 4. The third kappa shape index (κ3) is 5.72. The molecular weight excluding hydrogens is 575 g/mol. The third-order valence-corrected chi connectivity index (χ3v) is 11.1. The first kappa shape index (κ1) is 32.4. The van der Waals surface area contributed by atoms with Gasteiger partial charge in [-0.2, -0.15) is 22.0 Å². The van der Waals surface area contributed by atoms with Crippen molar-refractivity contribution < 1.29 is 42.1 Å². The first-order chi connectivity index (χ1) is 19.7. The highest BCUT2D eigenvalue weighted by Gasteiger charge is 2.67. The van der Waals surface area contributed by atoms with Gasteiger partial charge in [0.15, 0.2) is 0 Å². The highest BCUT2D eigenvalue weighted by Crippen LogP contribution is 2.66. The molecule has 1 heterocycles. The number of thioether (sulfide) groups is 1. The molecule has 1 unspecified atom stereocenters. The van der Waals surface area contributed by atoms with E-state index in [0.29, 0.717) is 35.5 Å². The summed E-state index contributed by atoms with van der Waals surface area (Å²) in [6, 6.07) is 11.4. The van der Waals surface area contributed by atoms with Crippen molar-refractivity contribution in [3.05, 3.63) is 53.6 Å². The van der Waals surface area contributed by atoms with Crippen molar-refractivity contribution in [2.75, 3.05) is 5.75 Å². The van der Waals surface area contributed by atoms with E-state index in [2.05, 4.69) is 0 Å². The number of hydrogen-bond donors (Lipinski definition) is 3. The fourth-order valence-corrected chi connectivity index (χ4v) is 9.08. The van der Waals surface area contributed by atoms with Gasteiger partial charge in [-0.15, -0.1) is 11.8 Å². The van der Waals surface area contributed by atoms with E-state index in [1.165, 1.54) is 30.0 Å². The number of rotatable bonds is 6. The second-order valence-corrected chi connectivity index (χ2v) is 13.2. The number of benzene rings is 2. The molecule has 0 radical (unpaired) electrons. The molecule has 1 saturated carbocycles. The van der Waals surface area contributed by atoms with Crippen LogP contribution < -0.4 is 0 Å². The van der Waals surface area contributed by atoms with Crippen LogP contribution in [0.3, 0.4) is 0 Å². The summed E-state index contributed by atoms with van der Waals surface area (Å²) in [5.74, 6) is -5.70. The number of halogens is 5. The van der Waals surface area contributed by atoms with Crippen molar-refractivity contribution in [3.8, 4) is 11.5 Å². The summed E-state index contributed by atoms with van der Waals surface area (Å²) in [6.45, 7) is 1.96. The molecule has 2 aromatic carbocycles. The van der Waals surface area contributed by atoms with Gasteiger partial charge in [-0.3, -0.25) is 4.79 Å². The summed E-state index contributed by atoms with van der Waals surface area (Å²) in [5, 5.41) is 31.7. The molecule has 10 heteroatoms. The largest absolute Gasteiger partial charge is 0.508 e. The lowest BCUT2D eigenvalue weighted by Gasteiger charge is -2.61. The van der Waals surface area contributed by atoms with Crippen molar-refractivity contribution in [2.24, 2.45) is 5.41 Å². The summed E-state index contributed by atoms with van der Waals surface area (Å²) in [7, 11) is 0. The Morgan fingerprint density at radius 2 is 1.43 bits per heavy atom. The first-order valence-corrected chi connectivity index (χ1v) is 15.6. The van der Waals surface area contributed by atoms with Crippen LogP contribution in [0.2, 0.25) is 0 Å². The lowest BCUT2D eigenvalue weighted by Crippen LogP contribution is -2.64. The van der Waals surface area contributed by atoms with E-state index >= 15 is 0 Å². The van der Waals surface area contributed by atoms with Crippen molar-refractivity contribution in [3.63, 3.8) is 0 Å². The number of aliphatic carboxylic acids is 1. The van der Waals surface area contributed by atoms with Gasteiger partial charge in [0.05, 0.1) is 5.41 Å². The van der Waals surface area contributed by atoms with Gasteiger partial charge in [-0.25, -0.2) is 0 Å². The number of aromatic hydroxyl groups is 2. The number of fused-ring (bicyclic) bond motifs is 2. The van der Waals surface area contributed by atoms with Crippen LogP contribution >= 0.6 is 11.8 Å². The zero-order valence-electron chi connectivity index (χ0n) is 23.8. The van der Waals surface area contributed by atoms with E-state index in [-0.39, 0.29) is 24.3 Å². The maximum absolute atomic E-state index is 14.2. The molecule has 1 aliphatic heterocycles. The van der Waals surface area contributed by atoms with E-state index in [1.54, 1.807) is 24.3 Å². The van der Waals surface area contributed by atoms with E-state index in [1.807, 2.05) is 6.92 Å². The van der Waals surface area contributed by atoms with Crippen molar-refractivity contribution >= 4 is 17.7 Å². The monoisotopic (exact) mass is 614 g/mol. The molecule has 3 atom stereocenters. The smallest absolute Gasteiger partial charge is 0.453 e. The van der Waals surface area contributed by atoms with Crippen LogP contribution in [0.25, 0.3) is 0 Å². The molecule has 0 amide bonds. The number of carboxylic acid groups (broad SMARTS) is 1. The minimum atomic E-state index is -5.72.